The van der Waals surface area contributed by atoms with Gasteiger partial charge in [0.2, 0.25) is 5.91 Å². The SMILES string of the molecule is C[C@H](NC(=O)CN(C)C(=O)c1cc2n(n1)CCCN(Cc1ccc(F)cc1)C2=O)c1ccccc1. The molecular weight excluding hydrogens is 449 g/mol. The first-order chi connectivity index (χ1) is 16.8. The van der Waals surface area contributed by atoms with Gasteiger partial charge >= 0.3 is 0 Å². The number of hydrogen-bond acceptors (Lipinski definition) is 4. The number of amides is 3. The predicted molar refractivity (Wildman–Crippen MR) is 128 cm³/mol. The van der Waals surface area contributed by atoms with Gasteiger partial charge in [0.1, 0.15) is 11.5 Å². The third kappa shape index (κ3) is 5.74. The van der Waals surface area contributed by atoms with E-state index in [9.17, 15) is 18.8 Å². The van der Waals surface area contributed by atoms with E-state index in [1.807, 2.05) is 37.3 Å². The number of nitrogens with one attached hydrogen (secondary N) is 1. The number of benzene rings is 2. The Kier molecular flexibility index (Phi) is 7.24. The molecule has 0 saturated carbocycles. The maximum absolute atomic E-state index is 13.2. The summed E-state index contributed by atoms with van der Waals surface area (Å²) in [6, 6.07) is 16.9. The van der Waals surface area contributed by atoms with Crippen LogP contribution in [0.4, 0.5) is 4.39 Å². The van der Waals surface area contributed by atoms with Crippen LogP contribution in [0.15, 0.2) is 60.7 Å². The van der Waals surface area contributed by atoms with Crippen LogP contribution in [-0.2, 0) is 17.9 Å². The fourth-order valence-corrected chi connectivity index (χ4v) is 4.09. The zero-order chi connectivity index (χ0) is 24.9. The molecule has 1 atom stereocenters. The number of aromatic nitrogens is 2. The van der Waals surface area contributed by atoms with Crippen LogP contribution in [0.1, 0.15) is 51.5 Å². The molecule has 2 heterocycles. The Morgan fingerprint density at radius 1 is 1.11 bits per heavy atom. The lowest BCUT2D eigenvalue weighted by Gasteiger charge is -2.20. The summed E-state index contributed by atoms with van der Waals surface area (Å²) in [7, 11) is 1.53. The molecule has 0 spiro atoms. The summed E-state index contributed by atoms with van der Waals surface area (Å²) in [6.45, 7) is 3.11. The second kappa shape index (κ2) is 10.5. The Labute approximate surface area is 203 Å². The topological polar surface area (TPSA) is 87.5 Å². The Hall–Kier alpha value is -4.01. The molecule has 0 fully saturated rings. The zero-order valence-corrected chi connectivity index (χ0v) is 19.8. The Balaban J connectivity index is 1.40. The van der Waals surface area contributed by atoms with Crippen LogP contribution in [0.2, 0.25) is 0 Å². The number of carbonyl (C=O) groups is 3. The van der Waals surface area contributed by atoms with Crippen LogP contribution in [0, 0.1) is 5.82 Å². The first-order valence-corrected chi connectivity index (χ1v) is 11.5. The van der Waals surface area contributed by atoms with Crippen LogP contribution >= 0.6 is 0 Å². The summed E-state index contributed by atoms with van der Waals surface area (Å²) in [5, 5.41) is 7.24. The Morgan fingerprint density at radius 2 is 1.83 bits per heavy atom. The number of aryl methyl sites for hydroxylation is 1. The Bertz CT molecular complexity index is 1210. The van der Waals surface area contributed by atoms with Crippen molar-refractivity contribution in [2.24, 2.45) is 0 Å². The van der Waals surface area contributed by atoms with Gasteiger partial charge < -0.3 is 15.1 Å². The lowest BCUT2D eigenvalue weighted by Crippen LogP contribution is -2.39. The van der Waals surface area contributed by atoms with E-state index in [2.05, 4.69) is 10.4 Å². The molecule has 1 aliphatic heterocycles. The molecule has 35 heavy (non-hydrogen) atoms. The molecule has 9 heteroatoms. The molecule has 0 radical (unpaired) electrons. The minimum atomic E-state index is -0.439. The molecular formula is C26H28FN5O3. The molecule has 0 aliphatic carbocycles. The first-order valence-electron chi connectivity index (χ1n) is 11.5. The van der Waals surface area contributed by atoms with E-state index in [1.165, 1.54) is 30.1 Å². The fraction of sp³-hybridized carbons (Fsp3) is 0.308. The second-order valence-electron chi connectivity index (χ2n) is 8.71. The molecule has 1 aromatic heterocycles. The molecule has 1 N–H and O–H groups in total. The lowest BCUT2D eigenvalue weighted by molar-refractivity contribution is -0.122. The number of nitrogens with zero attached hydrogens (tertiary/aromatic N) is 4. The van der Waals surface area contributed by atoms with Crippen molar-refractivity contribution in [1.29, 1.82) is 0 Å². The van der Waals surface area contributed by atoms with Crippen molar-refractivity contribution < 1.29 is 18.8 Å². The Morgan fingerprint density at radius 3 is 2.54 bits per heavy atom. The number of likely N-dealkylation sites (N-methyl/N-ethyl adjacent to an activating group) is 1. The number of fused-ring (bicyclic) bond motifs is 1. The minimum Gasteiger partial charge on any atom is -0.348 e. The van der Waals surface area contributed by atoms with E-state index in [4.69, 9.17) is 0 Å². The zero-order valence-electron chi connectivity index (χ0n) is 19.8. The average molecular weight is 478 g/mol. The molecule has 3 amide bonds. The van der Waals surface area contributed by atoms with Crippen LogP contribution in [0.25, 0.3) is 0 Å². The molecule has 0 saturated heterocycles. The van der Waals surface area contributed by atoms with E-state index in [0.717, 1.165) is 11.1 Å². The van der Waals surface area contributed by atoms with Gasteiger partial charge in [-0.1, -0.05) is 42.5 Å². The number of carbonyl (C=O) groups excluding carboxylic acids is 3. The summed E-state index contributed by atoms with van der Waals surface area (Å²) >= 11 is 0. The van der Waals surface area contributed by atoms with Gasteiger partial charge in [-0.15, -0.1) is 0 Å². The quantitative estimate of drug-likeness (QED) is 0.567. The molecule has 182 valence electrons. The van der Waals surface area contributed by atoms with Crippen molar-refractivity contribution in [3.63, 3.8) is 0 Å². The highest BCUT2D eigenvalue weighted by atomic mass is 19.1. The number of hydrogen-bond donors (Lipinski definition) is 1. The number of rotatable bonds is 7. The van der Waals surface area contributed by atoms with Crippen molar-refractivity contribution in [3.05, 3.63) is 89.0 Å². The van der Waals surface area contributed by atoms with Crippen molar-refractivity contribution in [3.8, 4) is 0 Å². The summed E-state index contributed by atoms with van der Waals surface area (Å²) in [4.78, 5) is 41.6. The van der Waals surface area contributed by atoms with Gasteiger partial charge in [0.15, 0.2) is 5.69 Å². The first kappa shape index (κ1) is 24.1. The van der Waals surface area contributed by atoms with Crippen LogP contribution in [0.3, 0.4) is 0 Å². The van der Waals surface area contributed by atoms with Crippen molar-refractivity contribution in [2.45, 2.75) is 32.5 Å². The monoisotopic (exact) mass is 477 g/mol. The van der Waals surface area contributed by atoms with Gasteiger partial charge in [0.25, 0.3) is 11.8 Å². The third-order valence-corrected chi connectivity index (χ3v) is 5.99. The van der Waals surface area contributed by atoms with Crippen molar-refractivity contribution >= 4 is 17.7 Å². The number of halogens is 1. The standard InChI is InChI=1S/C26H28FN5O3/c1-18(20-7-4-3-5-8-20)28-24(33)17-30(2)25(34)22-15-23-26(35)31(13-6-14-32(23)29-22)16-19-9-11-21(27)12-10-19/h3-5,7-12,15,18H,6,13-14,16-17H2,1-2H3,(H,28,33)/t18-/m0/s1. The highest BCUT2D eigenvalue weighted by Gasteiger charge is 2.28. The summed E-state index contributed by atoms with van der Waals surface area (Å²) in [6.07, 6.45) is 0.671. The maximum Gasteiger partial charge on any atom is 0.274 e. The second-order valence-corrected chi connectivity index (χ2v) is 8.71. The molecule has 1 aliphatic rings. The molecule has 4 rings (SSSR count). The van der Waals surface area contributed by atoms with Crippen LogP contribution in [-0.4, -0.2) is 57.4 Å². The van der Waals surface area contributed by atoms with E-state index < -0.39 is 5.91 Å². The maximum atomic E-state index is 13.2. The largest absolute Gasteiger partial charge is 0.348 e. The van der Waals surface area contributed by atoms with E-state index in [1.54, 1.807) is 21.7 Å². The summed E-state index contributed by atoms with van der Waals surface area (Å²) in [5.74, 6) is -1.30. The molecule has 0 unspecified atom stereocenters. The van der Waals surface area contributed by atoms with Gasteiger partial charge in [-0.2, -0.15) is 5.10 Å². The van der Waals surface area contributed by atoms with Crippen molar-refractivity contribution in [2.75, 3.05) is 20.1 Å². The highest BCUT2D eigenvalue weighted by molar-refractivity contribution is 5.99. The van der Waals surface area contributed by atoms with E-state index in [-0.39, 0.29) is 35.9 Å². The van der Waals surface area contributed by atoms with Crippen LogP contribution in [0.5, 0.6) is 0 Å². The van der Waals surface area contributed by atoms with Gasteiger partial charge in [0.05, 0.1) is 12.6 Å². The fourth-order valence-electron chi connectivity index (χ4n) is 4.09. The highest BCUT2D eigenvalue weighted by Crippen LogP contribution is 2.18. The third-order valence-electron chi connectivity index (χ3n) is 5.99. The van der Waals surface area contributed by atoms with E-state index >= 15 is 0 Å². The molecule has 2 aromatic carbocycles. The van der Waals surface area contributed by atoms with Gasteiger partial charge in [-0.25, -0.2) is 4.39 Å². The summed E-state index contributed by atoms with van der Waals surface area (Å²) in [5.41, 5.74) is 2.22. The molecule has 3 aromatic rings. The average Bonchev–Trinajstić information content (AvgIpc) is 3.22. The normalized spacial score (nSPS) is 14.1. The smallest absolute Gasteiger partial charge is 0.274 e. The minimum absolute atomic E-state index is 0.114. The van der Waals surface area contributed by atoms with Gasteiger partial charge in [-0.3, -0.25) is 19.1 Å². The molecule has 8 nitrogen and oxygen atoms in total. The summed E-state index contributed by atoms with van der Waals surface area (Å²) < 4.78 is 14.8. The van der Waals surface area contributed by atoms with Crippen molar-refractivity contribution in [1.82, 2.24) is 24.9 Å². The van der Waals surface area contributed by atoms with Gasteiger partial charge in [0, 0.05) is 32.7 Å². The predicted octanol–water partition coefficient (Wildman–Crippen LogP) is 3.02. The lowest BCUT2D eigenvalue weighted by atomic mass is 10.1. The van der Waals surface area contributed by atoms with E-state index in [0.29, 0.717) is 31.7 Å². The van der Waals surface area contributed by atoms with Gasteiger partial charge in [-0.05, 0) is 36.6 Å². The van der Waals surface area contributed by atoms with Crippen LogP contribution < -0.4 is 5.32 Å². The molecule has 0 bridgehead atoms.